The molecule has 2 aromatic carbocycles. The van der Waals surface area contributed by atoms with E-state index in [0.717, 1.165) is 5.69 Å². The van der Waals surface area contributed by atoms with Crippen LogP contribution in [0.2, 0.25) is 0 Å². The van der Waals surface area contributed by atoms with Gasteiger partial charge in [0.1, 0.15) is 12.1 Å². The van der Waals surface area contributed by atoms with Crippen molar-refractivity contribution in [2.45, 2.75) is 0 Å². The molecule has 3 rings (SSSR count). The molecule has 0 radical (unpaired) electrons. The number of nitrogens with zero attached hydrogens (tertiary/aromatic N) is 3. The lowest BCUT2D eigenvalue weighted by Crippen LogP contribution is -1.98. The fourth-order valence-electron chi connectivity index (χ4n) is 2.11. The zero-order valence-corrected chi connectivity index (χ0v) is 11.8. The van der Waals surface area contributed by atoms with E-state index in [1.807, 2.05) is 0 Å². The first-order valence-corrected chi connectivity index (χ1v) is 6.64. The maximum absolute atomic E-state index is 10.9. The van der Waals surface area contributed by atoms with Gasteiger partial charge in [0.25, 0.3) is 5.69 Å². The first-order chi connectivity index (χ1) is 11.2. The molecular formula is C15H11N5O3. The summed E-state index contributed by atoms with van der Waals surface area (Å²) < 4.78 is 0. The third kappa shape index (κ3) is 3.05. The lowest BCUT2D eigenvalue weighted by molar-refractivity contribution is -0.384. The summed E-state index contributed by atoms with van der Waals surface area (Å²) in [6, 6.07) is 11.4. The number of nitrogens with one attached hydrogen (secondary N) is 2. The number of aromatic nitrogens is 2. The number of hydrogen-bond donors (Lipinski definition) is 2. The minimum atomic E-state index is -0.462. The third-order valence-electron chi connectivity index (χ3n) is 3.20. The van der Waals surface area contributed by atoms with Gasteiger partial charge in [-0.25, -0.2) is 9.97 Å². The van der Waals surface area contributed by atoms with E-state index in [2.05, 4.69) is 20.6 Å². The lowest BCUT2D eigenvalue weighted by Gasteiger charge is -2.09. The maximum Gasteiger partial charge on any atom is 0.270 e. The Bertz CT molecular complexity index is 880. The van der Waals surface area contributed by atoms with Crippen molar-refractivity contribution in [3.63, 3.8) is 0 Å². The summed E-state index contributed by atoms with van der Waals surface area (Å²) in [5.41, 5.74) is 1.97. The van der Waals surface area contributed by atoms with E-state index in [9.17, 15) is 14.9 Å². The van der Waals surface area contributed by atoms with E-state index in [1.165, 1.54) is 18.5 Å². The average Bonchev–Trinajstić information content (AvgIpc) is 2.57. The molecule has 8 heteroatoms. The van der Waals surface area contributed by atoms with Crippen LogP contribution in [0, 0.1) is 10.1 Å². The van der Waals surface area contributed by atoms with Crippen molar-refractivity contribution in [3.05, 3.63) is 58.9 Å². The number of anilines is 3. The van der Waals surface area contributed by atoms with Gasteiger partial charge in [0.05, 0.1) is 10.4 Å². The molecule has 1 amide bonds. The van der Waals surface area contributed by atoms with Crippen molar-refractivity contribution in [1.29, 1.82) is 0 Å². The van der Waals surface area contributed by atoms with Crippen molar-refractivity contribution < 1.29 is 9.72 Å². The number of nitro benzene ring substituents is 1. The molecule has 23 heavy (non-hydrogen) atoms. The largest absolute Gasteiger partial charge is 0.340 e. The number of carbonyl (C=O) groups excluding carboxylic acids is 1. The predicted octanol–water partition coefficient (Wildman–Crippen LogP) is 2.85. The monoisotopic (exact) mass is 309 g/mol. The molecular weight excluding hydrogens is 298 g/mol. The first-order valence-electron chi connectivity index (χ1n) is 6.64. The van der Waals surface area contributed by atoms with Crippen LogP contribution in [0.1, 0.15) is 0 Å². The highest BCUT2D eigenvalue weighted by molar-refractivity contribution is 5.92. The van der Waals surface area contributed by atoms with E-state index >= 15 is 0 Å². The molecule has 0 bridgehead atoms. The molecule has 1 heterocycles. The smallest absolute Gasteiger partial charge is 0.270 e. The van der Waals surface area contributed by atoms with E-state index in [0.29, 0.717) is 28.8 Å². The number of rotatable bonds is 5. The summed E-state index contributed by atoms with van der Waals surface area (Å²) >= 11 is 0. The Kier molecular flexibility index (Phi) is 3.79. The molecule has 0 aliphatic heterocycles. The molecule has 2 N–H and O–H groups in total. The molecule has 0 atom stereocenters. The summed E-state index contributed by atoms with van der Waals surface area (Å²) in [7, 11) is 0. The van der Waals surface area contributed by atoms with Gasteiger partial charge in [-0.1, -0.05) is 0 Å². The number of benzene rings is 2. The van der Waals surface area contributed by atoms with Crippen LogP contribution >= 0.6 is 0 Å². The van der Waals surface area contributed by atoms with Gasteiger partial charge in [0, 0.05) is 28.9 Å². The molecule has 0 fully saturated rings. The molecule has 8 nitrogen and oxygen atoms in total. The molecule has 0 aliphatic carbocycles. The third-order valence-corrected chi connectivity index (χ3v) is 3.20. The highest BCUT2D eigenvalue weighted by atomic mass is 16.6. The number of amides is 1. The molecule has 114 valence electrons. The molecule has 0 spiro atoms. The fraction of sp³-hybridized carbons (Fsp3) is 0. The van der Waals surface area contributed by atoms with Crippen LogP contribution in [0.5, 0.6) is 0 Å². The zero-order valence-electron chi connectivity index (χ0n) is 11.8. The van der Waals surface area contributed by atoms with Gasteiger partial charge < -0.3 is 10.6 Å². The van der Waals surface area contributed by atoms with Gasteiger partial charge in [-0.2, -0.15) is 0 Å². The average molecular weight is 309 g/mol. The van der Waals surface area contributed by atoms with Gasteiger partial charge >= 0.3 is 0 Å². The molecule has 0 saturated heterocycles. The number of non-ortho nitro benzene ring substituents is 1. The van der Waals surface area contributed by atoms with E-state index < -0.39 is 4.92 Å². The SMILES string of the molecule is O=CNc1ccc(Nc2ncnc3ccc([N+](=O)[O-])cc23)cc1. The maximum atomic E-state index is 10.9. The Morgan fingerprint density at radius 3 is 2.48 bits per heavy atom. The number of carbonyl (C=O) groups is 1. The molecule has 0 aliphatic rings. The Balaban J connectivity index is 1.97. The van der Waals surface area contributed by atoms with E-state index in [1.54, 1.807) is 30.3 Å². The number of fused-ring (bicyclic) bond motifs is 1. The van der Waals surface area contributed by atoms with Gasteiger partial charge in [-0.3, -0.25) is 14.9 Å². The Hall–Kier alpha value is -3.55. The van der Waals surface area contributed by atoms with Crippen LogP contribution < -0.4 is 10.6 Å². The number of hydrogen-bond acceptors (Lipinski definition) is 6. The predicted molar refractivity (Wildman–Crippen MR) is 85.6 cm³/mol. The van der Waals surface area contributed by atoms with Crippen molar-refractivity contribution in [2.75, 3.05) is 10.6 Å². The second kappa shape index (κ2) is 6.06. The minimum absolute atomic E-state index is 0.0270. The summed E-state index contributed by atoms with van der Waals surface area (Å²) in [4.78, 5) is 29.1. The second-order valence-corrected chi connectivity index (χ2v) is 4.65. The van der Waals surface area contributed by atoms with Crippen molar-refractivity contribution in [2.24, 2.45) is 0 Å². The highest BCUT2D eigenvalue weighted by Crippen LogP contribution is 2.27. The summed E-state index contributed by atoms with van der Waals surface area (Å²) in [5, 5.41) is 17.1. The summed E-state index contributed by atoms with van der Waals surface area (Å²) in [6.07, 6.45) is 1.98. The Morgan fingerprint density at radius 2 is 1.78 bits per heavy atom. The first kappa shape index (κ1) is 14.4. The standard InChI is InChI=1S/C15H11N5O3/c21-9-18-10-1-3-11(4-2-10)19-15-13-7-12(20(22)23)5-6-14(13)16-8-17-15/h1-9H,(H,18,21)(H,16,17,19). The molecule has 0 unspecified atom stereocenters. The quantitative estimate of drug-likeness (QED) is 0.426. The normalized spacial score (nSPS) is 10.3. The van der Waals surface area contributed by atoms with Crippen molar-refractivity contribution in [3.8, 4) is 0 Å². The fourth-order valence-corrected chi connectivity index (χ4v) is 2.11. The Labute approximate surface area is 130 Å². The lowest BCUT2D eigenvalue weighted by atomic mass is 10.2. The minimum Gasteiger partial charge on any atom is -0.340 e. The van der Waals surface area contributed by atoms with Crippen LogP contribution in [0.3, 0.4) is 0 Å². The molecule has 0 saturated carbocycles. The van der Waals surface area contributed by atoms with Crippen LogP contribution in [0.15, 0.2) is 48.8 Å². The van der Waals surface area contributed by atoms with Gasteiger partial charge in [0.2, 0.25) is 6.41 Å². The number of nitro groups is 1. The second-order valence-electron chi connectivity index (χ2n) is 4.65. The van der Waals surface area contributed by atoms with E-state index in [-0.39, 0.29) is 5.69 Å². The van der Waals surface area contributed by atoms with Gasteiger partial charge in [0.15, 0.2) is 0 Å². The van der Waals surface area contributed by atoms with Crippen molar-refractivity contribution >= 4 is 40.2 Å². The summed E-state index contributed by atoms with van der Waals surface area (Å²) in [5.74, 6) is 0.467. The van der Waals surface area contributed by atoms with Crippen molar-refractivity contribution in [1.82, 2.24) is 9.97 Å². The van der Waals surface area contributed by atoms with Gasteiger partial charge in [-0.05, 0) is 30.3 Å². The highest BCUT2D eigenvalue weighted by Gasteiger charge is 2.10. The van der Waals surface area contributed by atoms with Crippen LogP contribution in [-0.2, 0) is 4.79 Å². The topological polar surface area (TPSA) is 110 Å². The molecule has 3 aromatic rings. The van der Waals surface area contributed by atoms with E-state index in [4.69, 9.17) is 0 Å². The summed E-state index contributed by atoms with van der Waals surface area (Å²) in [6.45, 7) is 0. The van der Waals surface area contributed by atoms with Gasteiger partial charge in [-0.15, -0.1) is 0 Å². The van der Waals surface area contributed by atoms with Crippen LogP contribution in [0.4, 0.5) is 22.9 Å². The van der Waals surface area contributed by atoms with Crippen LogP contribution in [0.25, 0.3) is 10.9 Å². The van der Waals surface area contributed by atoms with Crippen LogP contribution in [-0.4, -0.2) is 21.3 Å². The molecule has 1 aromatic heterocycles. The zero-order chi connectivity index (χ0) is 16.2. The Morgan fingerprint density at radius 1 is 1.04 bits per heavy atom.